The van der Waals surface area contributed by atoms with Gasteiger partial charge in [0, 0.05) is 21.4 Å². The van der Waals surface area contributed by atoms with Gasteiger partial charge in [-0.2, -0.15) is 0 Å². The lowest BCUT2D eigenvalue weighted by Crippen LogP contribution is -2.48. The molecule has 1 saturated carbocycles. The maximum atomic E-state index is 12.6. The van der Waals surface area contributed by atoms with Gasteiger partial charge in [0.15, 0.2) is 5.78 Å². The molecule has 0 spiro atoms. The number of likely N-dealkylation sites (tertiary alicyclic amines) is 1. The van der Waals surface area contributed by atoms with Crippen LogP contribution in [0.25, 0.3) is 0 Å². The summed E-state index contributed by atoms with van der Waals surface area (Å²) < 4.78 is 0. The number of piperidine rings is 1. The molecule has 110 valence electrons. The van der Waals surface area contributed by atoms with Gasteiger partial charge in [-0.15, -0.1) is 11.3 Å². The van der Waals surface area contributed by atoms with Crippen LogP contribution in [-0.2, 0) is 0 Å². The molecule has 3 rings (SSSR count). The van der Waals surface area contributed by atoms with Crippen LogP contribution in [0.2, 0.25) is 0 Å². The molecule has 2 atom stereocenters. The van der Waals surface area contributed by atoms with E-state index in [2.05, 4.69) is 24.8 Å². The normalized spacial score (nSPS) is 27.3. The van der Waals surface area contributed by atoms with E-state index >= 15 is 0 Å². The van der Waals surface area contributed by atoms with Gasteiger partial charge in [0.2, 0.25) is 0 Å². The Balaban J connectivity index is 1.70. The number of ketones is 1. The summed E-state index contributed by atoms with van der Waals surface area (Å²) in [5, 5.41) is 0. The predicted molar refractivity (Wildman–Crippen MR) is 84.7 cm³/mol. The maximum absolute atomic E-state index is 12.6. The van der Waals surface area contributed by atoms with Crippen LogP contribution in [0.4, 0.5) is 0 Å². The van der Waals surface area contributed by atoms with E-state index in [9.17, 15) is 4.79 Å². The van der Waals surface area contributed by atoms with Crippen molar-refractivity contribution in [1.82, 2.24) is 4.90 Å². The summed E-state index contributed by atoms with van der Waals surface area (Å²) in [5.74, 6) is 1.19. The molecule has 0 N–H and O–H groups in total. The number of Topliss-reactive ketones (excluding diaryl/α,β-unsaturated/α-hetero) is 1. The molecule has 0 bridgehead atoms. The molecule has 0 radical (unpaired) electrons. The summed E-state index contributed by atoms with van der Waals surface area (Å²) in [5.41, 5.74) is 0.963. The number of carbonyl (C=O) groups excluding carboxylic acids is 1. The van der Waals surface area contributed by atoms with Crippen molar-refractivity contribution in [2.75, 3.05) is 13.1 Å². The third-order valence-electron chi connectivity index (χ3n) is 5.05. The molecule has 0 unspecified atom stereocenters. The quantitative estimate of drug-likeness (QED) is 0.778. The molecule has 2 heterocycles. The minimum absolute atomic E-state index is 0.332. The topological polar surface area (TPSA) is 20.3 Å². The van der Waals surface area contributed by atoms with E-state index < -0.39 is 0 Å². The molecule has 0 amide bonds. The Morgan fingerprint density at radius 1 is 1.25 bits per heavy atom. The SMILES string of the molecule is Cc1cc(C(=O)CN2CCC[C@H]3CCCC[C@H]32)c(C)s1. The van der Waals surface area contributed by atoms with Gasteiger partial charge in [-0.1, -0.05) is 12.8 Å². The number of thiophene rings is 1. The number of carbonyl (C=O) groups is 1. The van der Waals surface area contributed by atoms with Gasteiger partial charge in [0.05, 0.1) is 6.54 Å². The smallest absolute Gasteiger partial charge is 0.177 e. The van der Waals surface area contributed by atoms with Crippen LogP contribution in [0, 0.1) is 19.8 Å². The maximum Gasteiger partial charge on any atom is 0.177 e. The number of nitrogens with zero attached hydrogens (tertiary/aromatic N) is 1. The summed E-state index contributed by atoms with van der Waals surface area (Å²) in [6.45, 7) is 5.92. The lowest BCUT2D eigenvalue weighted by Gasteiger charge is -2.43. The lowest BCUT2D eigenvalue weighted by atomic mass is 9.78. The van der Waals surface area contributed by atoms with Crippen LogP contribution in [0.1, 0.15) is 58.6 Å². The molecule has 1 aliphatic heterocycles. The van der Waals surface area contributed by atoms with Crippen LogP contribution in [0.5, 0.6) is 0 Å². The molecule has 3 heteroatoms. The van der Waals surface area contributed by atoms with Crippen LogP contribution < -0.4 is 0 Å². The van der Waals surface area contributed by atoms with Gasteiger partial charge >= 0.3 is 0 Å². The highest BCUT2D eigenvalue weighted by molar-refractivity contribution is 7.12. The third kappa shape index (κ3) is 2.84. The van der Waals surface area contributed by atoms with E-state index in [1.165, 1.54) is 48.3 Å². The Labute approximate surface area is 126 Å². The Kier molecular flexibility index (Phi) is 4.27. The fraction of sp³-hybridized carbons (Fsp3) is 0.706. The van der Waals surface area contributed by atoms with Crippen molar-refractivity contribution in [2.45, 2.75) is 58.4 Å². The molecule has 1 aliphatic carbocycles. The molecule has 1 saturated heterocycles. The van der Waals surface area contributed by atoms with Gasteiger partial charge in [-0.3, -0.25) is 9.69 Å². The first kappa shape index (κ1) is 14.3. The van der Waals surface area contributed by atoms with Gasteiger partial charge in [0.25, 0.3) is 0 Å². The highest BCUT2D eigenvalue weighted by Gasteiger charge is 2.34. The average molecular weight is 291 g/mol. The highest BCUT2D eigenvalue weighted by Crippen LogP contribution is 2.35. The molecular weight excluding hydrogens is 266 g/mol. The molecular formula is C17H25NOS. The first-order valence-corrected chi connectivity index (χ1v) is 8.81. The molecule has 0 aromatic carbocycles. The van der Waals surface area contributed by atoms with E-state index in [4.69, 9.17) is 0 Å². The largest absolute Gasteiger partial charge is 0.293 e. The zero-order valence-corrected chi connectivity index (χ0v) is 13.5. The number of aryl methyl sites for hydroxylation is 2. The number of fused-ring (bicyclic) bond motifs is 1. The third-order valence-corrected chi connectivity index (χ3v) is 6.01. The summed E-state index contributed by atoms with van der Waals surface area (Å²) in [6.07, 6.45) is 8.09. The second-order valence-corrected chi connectivity index (χ2v) is 7.94. The van der Waals surface area contributed by atoms with E-state index in [0.29, 0.717) is 18.4 Å². The van der Waals surface area contributed by atoms with Crippen molar-refractivity contribution in [3.8, 4) is 0 Å². The van der Waals surface area contributed by atoms with Crippen LogP contribution in [0.15, 0.2) is 6.07 Å². The number of rotatable bonds is 3. The zero-order chi connectivity index (χ0) is 14.1. The van der Waals surface area contributed by atoms with E-state index in [-0.39, 0.29) is 0 Å². The van der Waals surface area contributed by atoms with Crippen molar-refractivity contribution in [2.24, 2.45) is 5.92 Å². The van der Waals surface area contributed by atoms with Crippen molar-refractivity contribution in [1.29, 1.82) is 0 Å². The van der Waals surface area contributed by atoms with Crippen LogP contribution >= 0.6 is 11.3 Å². The fourth-order valence-electron chi connectivity index (χ4n) is 4.10. The predicted octanol–water partition coefficient (Wildman–Crippen LogP) is 4.20. The molecule has 2 nitrogen and oxygen atoms in total. The summed E-state index contributed by atoms with van der Waals surface area (Å²) >= 11 is 1.74. The van der Waals surface area contributed by atoms with Crippen LogP contribution in [0.3, 0.4) is 0 Å². The summed E-state index contributed by atoms with van der Waals surface area (Å²) in [7, 11) is 0. The number of hydrogen-bond donors (Lipinski definition) is 0. The van der Waals surface area contributed by atoms with Gasteiger partial charge in [-0.25, -0.2) is 0 Å². The zero-order valence-electron chi connectivity index (χ0n) is 12.7. The molecule has 2 aliphatic rings. The average Bonchev–Trinajstić information content (AvgIpc) is 2.78. The lowest BCUT2D eigenvalue weighted by molar-refractivity contribution is 0.0539. The van der Waals surface area contributed by atoms with Gasteiger partial charge < -0.3 is 0 Å². The van der Waals surface area contributed by atoms with Crippen molar-refractivity contribution >= 4 is 17.1 Å². The monoisotopic (exact) mass is 291 g/mol. The minimum Gasteiger partial charge on any atom is -0.293 e. The molecule has 1 aromatic heterocycles. The van der Waals surface area contributed by atoms with E-state index in [1.54, 1.807) is 11.3 Å². The highest BCUT2D eigenvalue weighted by atomic mass is 32.1. The van der Waals surface area contributed by atoms with Crippen molar-refractivity contribution in [3.63, 3.8) is 0 Å². The Morgan fingerprint density at radius 3 is 2.75 bits per heavy atom. The standard InChI is InChI=1S/C17H25NOS/c1-12-10-15(13(2)20-12)17(19)11-18-9-5-7-14-6-3-4-8-16(14)18/h10,14,16H,3-9,11H2,1-2H3/t14-,16-/m1/s1. The first-order chi connectivity index (χ1) is 9.65. The molecule has 1 aromatic rings. The number of hydrogen-bond acceptors (Lipinski definition) is 3. The van der Waals surface area contributed by atoms with Gasteiger partial charge in [0.1, 0.15) is 0 Å². The fourth-order valence-corrected chi connectivity index (χ4v) is 5.04. The minimum atomic E-state index is 0.332. The Bertz CT molecular complexity index is 491. The van der Waals surface area contributed by atoms with Gasteiger partial charge in [-0.05, 0) is 58.1 Å². The van der Waals surface area contributed by atoms with E-state index in [0.717, 1.165) is 18.0 Å². The molecule has 20 heavy (non-hydrogen) atoms. The Hall–Kier alpha value is -0.670. The summed E-state index contributed by atoms with van der Waals surface area (Å²) in [6, 6.07) is 2.76. The van der Waals surface area contributed by atoms with Crippen molar-refractivity contribution < 1.29 is 4.79 Å². The van der Waals surface area contributed by atoms with Crippen molar-refractivity contribution in [3.05, 3.63) is 21.4 Å². The van der Waals surface area contributed by atoms with Crippen LogP contribution in [-0.4, -0.2) is 29.8 Å². The summed E-state index contributed by atoms with van der Waals surface area (Å²) in [4.78, 5) is 17.5. The Morgan fingerprint density at radius 2 is 2.00 bits per heavy atom. The molecule has 2 fully saturated rings. The van der Waals surface area contributed by atoms with E-state index in [1.807, 2.05) is 0 Å². The first-order valence-electron chi connectivity index (χ1n) is 7.99. The second-order valence-electron chi connectivity index (χ2n) is 6.47. The second kappa shape index (κ2) is 5.98.